The van der Waals surface area contributed by atoms with Crippen LogP contribution in [0.5, 0.6) is 0 Å². The average Bonchev–Trinajstić information content (AvgIpc) is 1.79. The second-order valence-electron chi connectivity index (χ2n) is 2.30. The highest BCUT2D eigenvalue weighted by Crippen LogP contribution is 2.44. The zero-order chi connectivity index (χ0) is 11.7. The molecule has 0 saturated heterocycles. The van der Waals surface area contributed by atoms with E-state index in [9.17, 15) is 18.0 Å². The highest BCUT2D eigenvalue weighted by atomic mass is 80.0. The van der Waals surface area contributed by atoms with Crippen molar-refractivity contribution < 1.29 is 23.1 Å². The predicted molar refractivity (Wildman–Crippen MR) is 55.9 cm³/mol. The van der Waals surface area contributed by atoms with Gasteiger partial charge in [-0.3, -0.25) is 0 Å². The van der Waals surface area contributed by atoms with Gasteiger partial charge in [-0.25, -0.2) is 4.79 Å². The Morgan fingerprint density at radius 1 is 1.21 bits per heavy atom. The molecule has 1 N–H and O–H groups in total. The molecule has 0 aliphatic carbocycles. The molecule has 0 bridgehead atoms. The van der Waals surface area contributed by atoms with Crippen molar-refractivity contribution in [3.05, 3.63) is 11.1 Å². The third-order valence-electron chi connectivity index (χ3n) is 1.30. The van der Waals surface area contributed by atoms with Crippen LogP contribution in [-0.2, 0) is 4.79 Å². The number of carboxylic acid groups (broad SMARTS) is 1. The van der Waals surface area contributed by atoms with Crippen LogP contribution < -0.4 is 0 Å². The van der Waals surface area contributed by atoms with Crippen molar-refractivity contribution in [3.63, 3.8) is 0 Å². The zero-order valence-electron chi connectivity index (χ0n) is 6.62. The summed E-state index contributed by atoms with van der Waals surface area (Å²) in [6, 6.07) is 0. The molecule has 0 spiro atoms. The summed E-state index contributed by atoms with van der Waals surface area (Å²) in [7, 11) is 0. The number of aliphatic carboxylic acids is 1. The second kappa shape index (κ2) is 4.52. The molecule has 14 heavy (non-hydrogen) atoms. The maximum absolute atomic E-state index is 12.3. The lowest BCUT2D eigenvalue weighted by atomic mass is 10.1. The van der Waals surface area contributed by atoms with Gasteiger partial charge in [-0.2, -0.15) is 13.2 Å². The van der Waals surface area contributed by atoms with Crippen LogP contribution in [0.3, 0.4) is 0 Å². The Morgan fingerprint density at radius 3 is 1.64 bits per heavy atom. The highest BCUT2D eigenvalue weighted by Gasteiger charge is 2.43. The van der Waals surface area contributed by atoms with Gasteiger partial charge in [0.15, 0.2) is 2.14 Å². The van der Waals surface area contributed by atoms with Crippen LogP contribution in [0.25, 0.3) is 0 Å². The molecule has 0 unspecified atom stereocenters. The summed E-state index contributed by atoms with van der Waals surface area (Å²) in [6.45, 7) is 1.05. The Morgan fingerprint density at radius 2 is 1.57 bits per heavy atom. The number of halogens is 6. The van der Waals surface area contributed by atoms with Gasteiger partial charge >= 0.3 is 12.1 Å². The minimum absolute atomic E-state index is 0.419. The fourth-order valence-electron chi connectivity index (χ4n) is 0.636. The van der Waals surface area contributed by atoms with Gasteiger partial charge < -0.3 is 5.11 Å². The highest BCUT2D eigenvalue weighted by molar-refractivity contribution is 9.39. The van der Waals surface area contributed by atoms with E-state index in [1.54, 1.807) is 0 Å². The Balaban J connectivity index is 5.53. The third-order valence-corrected chi connectivity index (χ3v) is 3.08. The lowest BCUT2D eigenvalue weighted by Gasteiger charge is -2.18. The number of rotatable bonds is 1. The van der Waals surface area contributed by atoms with Crippen molar-refractivity contribution in [2.75, 3.05) is 0 Å². The second-order valence-corrected chi connectivity index (χ2v) is 9.06. The van der Waals surface area contributed by atoms with Crippen LogP contribution in [0.4, 0.5) is 13.2 Å². The molecule has 2 nitrogen and oxygen atoms in total. The number of carboxylic acids is 1. The van der Waals surface area contributed by atoms with Crippen LogP contribution in [-0.4, -0.2) is 19.4 Å². The summed E-state index contributed by atoms with van der Waals surface area (Å²) in [5, 5.41) is 8.40. The van der Waals surface area contributed by atoms with Crippen molar-refractivity contribution in [2.45, 2.75) is 15.2 Å². The van der Waals surface area contributed by atoms with Crippen molar-refractivity contribution >= 4 is 53.8 Å². The minimum atomic E-state index is -4.89. The summed E-state index contributed by atoms with van der Waals surface area (Å²) in [5.74, 6) is -2.02. The van der Waals surface area contributed by atoms with E-state index in [1.165, 1.54) is 0 Å². The van der Waals surface area contributed by atoms with Crippen LogP contribution in [0.15, 0.2) is 11.1 Å². The molecule has 0 aliphatic heterocycles. The van der Waals surface area contributed by atoms with E-state index in [0.29, 0.717) is 0 Å². The van der Waals surface area contributed by atoms with Crippen LogP contribution in [0, 0.1) is 0 Å². The first-order valence-electron chi connectivity index (χ1n) is 3.06. The van der Waals surface area contributed by atoms with Gasteiger partial charge in [0.05, 0.1) is 0 Å². The maximum atomic E-state index is 12.3. The first kappa shape index (κ1) is 14.4. The largest absolute Gasteiger partial charge is 0.478 e. The molecule has 0 radical (unpaired) electrons. The zero-order valence-corrected chi connectivity index (χ0v) is 11.4. The van der Waals surface area contributed by atoms with Gasteiger partial charge in [0.2, 0.25) is 0 Å². The molecular formula is C6H4Br3F3O2. The molecule has 82 valence electrons. The average molecular weight is 405 g/mol. The molecule has 0 atom stereocenters. The molecule has 0 amide bonds. The molecule has 0 aliphatic rings. The lowest BCUT2D eigenvalue weighted by molar-refractivity contribution is -0.145. The Kier molecular flexibility index (Phi) is 4.67. The van der Waals surface area contributed by atoms with E-state index in [4.69, 9.17) is 5.11 Å². The smallest absolute Gasteiger partial charge is 0.423 e. The van der Waals surface area contributed by atoms with Gasteiger partial charge in [0.25, 0.3) is 0 Å². The third kappa shape index (κ3) is 3.90. The number of alkyl halides is 6. The quantitative estimate of drug-likeness (QED) is 0.533. The van der Waals surface area contributed by atoms with E-state index in [1.807, 2.05) is 0 Å². The molecule has 8 heteroatoms. The van der Waals surface area contributed by atoms with Crippen molar-refractivity contribution in [1.82, 2.24) is 0 Å². The van der Waals surface area contributed by atoms with Gasteiger partial charge in [0.1, 0.15) is 5.57 Å². The van der Waals surface area contributed by atoms with Gasteiger partial charge in [-0.05, 0) is 12.5 Å². The lowest BCUT2D eigenvalue weighted by Crippen LogP contribution is -2.24. The monoisotopic (exact) mass is 402 g/mol. The number of carbonyl (C=O) groups is 1. The molecule has 0 fully saturated rings. The van der Waals surface area contributed by atoms with E-state index in [-0.39, 0.29) is 0 Å². The van der Waals surface area contributed by atoms with Gasteiger partial charge in [-0.15, -0.1) is 0 Å². The van der Waals surface area contributed by atoms with Gasteiger partial charge in [0, 0.05) is 0 Å². The van der Waals surface area contributed by atoms with Crippen molar-refractivity contribution in [3.8, 4) is 0 Å². The maximum Gasteiger partial charge on any atom is 0.423 e. The van der Waals surface area contributed by atoms with Gasteiger partial charge in [-0.1, -0.05) is 47.8 Å². The predicted octanol–water partition coefficient (Wildman–Crippen LogP) is 3.79. The Hall–Kier alpha value is 0.440. The summed E-state index contributed by atoms with van der Waals surface area (Å²) in [6.07, 6.45) is -4.89. The molecule has 0 rings (SSSR count). The molecule has 0 aromatic rings. The molecule has 0 aromatic carbocycles. The number of allylic oxidation sites excluding steroid dienone is 1. The topological polar surface area (TPSA) is 37.3 Å². The van der Waals surface area contributed by atoms with E-state index < -0.39 is 25.4 Å². The molecule has 0 aromatic heterocycles. The molecule has 0 heterocycles. The number of hydrogen-bond acceptors (Lipinski definition) is 1. The van der Waals surface area contributed by atoms with E-state index in [2.05, 4.69) is 47.8 Å². The Bertz CT molecular complexity index is 277. The fraction of sp³-hybridized carbons (Fsp3) is 0.500. The summed E-state index contributed by atoms with van der Waals surface area (Å²) in [4.78, 5) is 10.4. The van der Waals surface area contributed by atoms with Crippen LogP contribution >= 0.6 is 47.8 Å². The summed E-state index contributed by atoms with van der Waals surface area (Å²) in [5.41, 5.74) is -2.03. The van der Waals surface area contributed by atoms with Crippen molar-refractivity contribution in [2.24, 2.45) is 0 Å². The fourth-order valence-corrected chi connectivity index (χ4v) is 1.23. The summed E-state index contributed by atoms with van der Waals surface area (Å²) < 4.78 is 35.4. The molecule has 0 saturated carbocycles. The van der Waals surface area contributed by atoms with Crippen molar-refractivity contribution in [1.29, 1.82) is 0 Å². The van der Waals surface area contributed by atoms with Crippen LogP contribution in [0.1, 0.15) is 6.92 Å². The molecular weight excluding hydrogens is 401 g/mol. The first-order chi connectivity index (χ1) is 5.98. The normalized spacial score (nSPS) is 15.1. The van der Waals surface area contributed by atoms with Crippen LogP contribution in [0.2, 0.25) is 0 Å². The Labute approximate surface area is 103 Å². The number of hydrogen-bond donors (Lipinski definition) is 1. The minimum Gasteiger partial charge on any atom is -0.478 e. The standard InChI is InChI=1S/C6H4Br3F3O2/c1-2(5(7,8)9)3(4(13)14)6(10,11)12/h1H3,(H,13,14). The van der Waals surface area contributed by atoms with E-state index >= 15 is 0 Å². The first-order valence-corrected chi connectivity index (χ1v) is 5.44. The SMILES string of the molecule is CC(=C(C(=O)O)C(F)(F)F)C(Br)(Br)Br. The summed E-state index contributed by atoms with van der Waals surface area (Å²) >= 11 is 8.45. The van der Waals surface area contributed by atoms with E-state index in [0.717, 1.165) is 6.92 Å².